The van der Waals surface area contributed by atoms with E-state index in [-0.39, 0.29) is 0 Å². The summed E-state index contributed by atoms with van der Waals surface area (Å²) in [6.07, 6.45) is 10.9. The van der Waals surface area contributed by atoms with Gasteiger partial charge >= 0.3 is 0 Å². The van der Waals surface area contributed by atoms with Gasteiger partial charge in [0.25, 0.3) is 0 Å². The number of hydrogen-bond acceptors (Lipinski definition) is 1. The van der Waals surface area contributed by atoms with Crippen LogP contribution in [0.5, 0.6) is 0 Å². The highest BCUT2D eigenvalue weighted by molar-refractivity contribution is 5.23. The third-order valence-electron chi connectivity index (χ3n) is 2.99. The SMILES string of the molecule is C[C@H]1CCN(CC2=CCCC=C2)C1. The van der Waals surface area contributed by atoms with E-state index in [1.165, 1.54) is 44.5 Å². The molecular formula is C12H19N. The van der Waals surface area contributed by atoms with Crippen LogP contribution in [0.2, 0.25) is 0 Å². The van der Waals surface area contributed by atoms with E-state index in [1.54, 1.807) is 0 Å². The predicted molar refractivity (Wildman–Crippen MR) is 56.7 cm³/mol. The Morgan fingerprint density at radius 3 is 3.00 bits per heavy atom. The van der Waals surface area contributed by atoms with Gasteiger partial charge in [-0.15, -0.1) is 0 Å². The summed E-state index contributed by atoms with van der Waals surface area (Å²) in [4.78, 5) is 2.58. The van der Waals surface area contributed by atoms with E-state index >= 15 is 0 Å². The molecule has 1 heteroatoms. The summed E-state index contributed by atoms with van der Waals surface area (Å²) in [6, 6.07) is 0. The lowest BCUT2D eigenvalue weighted by atomic mass is 10.1. The minimum absolute atomic E-state index is 0.910. The standard InChI is InChI=1S/C12H19N/c1-11-7-8-13(9-11)10-12-5-3-2-4-6-12/h3,5-6,11H,2,4,7-10H2,1H3/t11-/m0/s1. The zero-order chi connectivity index (χ0) is 9.10. The van der Waals surface area contributed by atoms with E-state index in [0.717, 1.165) is 5.92 Å². The van der Waals surface area contributed by atoms with Gasteiger partial charge in [-0.3, -0.25) is 4.90 Å². The summed E-state index contributed by atoms with van der Waals surface area (Å²) in [6.45, 7) is 6.13. The van der Waals surface area contributed by atoms with Crippen LogP contribution in [-0.2, 0) is 0 Å². The van der Waals surface area contributed by atoms with E-state index in [1.807, 2.05) is 0 Å². The number of rotatable bonds is 2. The molecule has 1 atom stereocenters. The zero-order valence-corrected chi connectivity index (χ0v) is 8.50. The summed E-state index contributed by atoms with van der Waals surface area (Å²) in [5, 5.41) is 0. The smallest absolute Gasteiger partial charge is 0.0230 e. The second kappa shape index (κ2) is 4.10. The first-order chi connectivity index (χ1) is 6.34. The van der Waals surface area contributed by atoms with Crippen molar-refractivity contribution in [1.82, 2.24) is 4.90 Å². The zero-order valence-electron chi connectivity index (χ0n) is 8.50. The molecule has 0 N–H and O–H groups in total. The molecule has 1 fully saturated rings. The van der Waals surface area contributed by atoms with Crippen molar-refractivity contribution in [2.24, 2.45) is 5.92 Å². The van der Waals surface area contributed by atoms with Gasteiger partial charge in [0.05, 0.1) is 0 Å². The summed E-state index contributed by atoms with van der Waals surface area (Å²) >= 11 is 0. The van der Waals surface area contributed by atoms with Gasteiger partial charge in [0.15, 0.2) is 0 Å². The van der Waals surface area contributed by atoms with Crippen LogP contribution in [0, 0.1) is 5.92 Å². The van der Waals surface area contributed by atoms with Crippen LogP contribution in [0.15, 0.2) is 23.8 Å². The van der Waals surface area contributed by atoms with E-state index in [9.17, 15) is 0 Å². The number of allylic oxidation sites excluding steroid dienone is 2. The molecule has 2 rings (SSSR count). The molecule has 1 heterocycles. The van der Waals surface area contributed by atoms with E-state index in [4.69, 9.17) is 0 Å². The van der Waals surface area contributed by atoms with Gasteiger partial charge < -0.3 is 0 Å². The molecule has 1 aliphatic heterocycles. The fourth-order valence-electron chi connectivity index (χ4n) is 2.21. The minimum atomic E-state index is 0.910. The van der Waals surface area contributed by atoms with Crippen molar-refractivity contribution in [3.8, 4) is 0 Å². The Bertz CT molecular complexity index is 227. The van der Waals surface area contributed by atoms with Crippen LogP contribution < -0.4 is 0 Å². The van der Waals surface area contributed by atoms with Crippen molar-refractivity contribution < 1.29 is 0 Å². The van der Waals surface area contributed by atoms with Crippen molar-refractivity contribution in [1.29, 1.82) is 0 Å². The molecule has 0 aromatic carbocycles. The topological polar surface area (TPSA) is 3.24 Å². The first-order valence-electron chi connectivity index (χ1n) is 5.42. The van der Waals surface area contributed by atoms with E-state index < -0.39 is 0 Å². The molecule has 1 saturated heterocycles. The monoisotopic (exact) mass is 177 g/mol. The fraction of sp³-hybridized carbons (Fsp3) is 0.667. The van der Waals surface area contributed by atoms with Crippen LogP contribution in [0.1, 0.15) is 26.2 Å². The van der Waals surface area contributed by atoms with Gasteiger partial charge in [-0.2, -0.15) is 0 Å². The van der Waals surface area contributed by atoms with Gasteiger partial charge in [-0.1, -0.05) is 25.2 Å². The Balaban J connectivity index is 1.84. The normalized spacial score (nSPS) is 29.3. The third kappa shape index (κ3) is 2.44. The molecule has 0 aromatic rings. The molecule has 0 bridgehead atoms. The molecule has 0 unspecified atom stereocenters. The van der Waals surface area contributed by atoms with Gasteiger partial charge in [0.2, 0.25) is 0 Å². The van der Waals surface area contributed by atoms with Gasteiger partial charge in [-0.05, 0) is 37.3 Å². The molecule has 0 saturated carbocycles. The molecule has 1 nitrogen and oxygen atoms in total. The van der Waals surface area contributed by atoms with Gasteiger partial charge in [-0.25, -0.2) is 0 Å². The lowest BCUT2D eigenvalue weighted by Gasteiger charge is -2.17. The molecule has 0 spiro atoms. The summed E-state index contributed by atoms with van der Waals surface area (Å²) < 4.78 is 0. The quantitative estimate of drug-likeness (QED) is 0.626. The van der Waals surface area contributed by atoms with Crippen LogP contribution in [0.25, 0.3) is 0 Å². The van der Waals surface area contributed by atoms with Crippen molar-refractivity contribution >= 4 is 0 Å². The fourth-order valence-corrected chi connectivity index (χ4v) is 2.21. The van der Waals surface area contributed by atoms with Crippen molar-refractivity contribution in [2.75, 3.05) is 19.6 Å². The van der Waals surface area contributed by atoms with E-state index in [0.29, 0.717) is 0 Å². The average molecular weight is 177 g/mol. The molecular weight excluding hydrogens is 158 g/mol. The Labute approximate surface area is 81.1 Å². The van der Waals surface area contributed by atoms with E-state index in [2.05, 4.69) is 30.1 Å². The Morgan fingerprint density at radius 1 is 1.46 bits per heavy atom. The lowest BCUT2D eigenvalue weighted by molar-refractivity contribution is 0.357. The second-order valence-electron chi connectivity index (χ2n) is 4.39. The maximum Gasteiger partial charge on any atom is 0.0230 e. The maximum absolute atomic E-state index is 2.58. The average Bonchev–Trinajstić information content (AvgIpc) is 2.53. The molecule has 1 aliphatic carbocycles. The molecule has 0 radical (unpaired) electrons. The van der Waals surface area contributed by atoms with Crippen molar-refractivity contribution in [3.63, 3.8) is 0 Å². The van der Waals surface area contributed by atoms with Crippen LogP contribution in [-0.4, -0.2) is 24.5 Å². The second-order valence-corrected chi connectivity index (χ2v) is 4.39. The highest BCUT2D eigenvalue weighted by atomic mass is 15.1. The van der Waals surface area contributed by atoms with Crippen molar-refractivity contribution in [2.45, 2.75) is 26.2 Å². The number of hydrogen-bond donors (Lipinski definition) is 0. The van der Waals surface area contributed by atoms with Crippen molar-refractivity contribution in [3.05, 3.63) is 23.8 Å². The maximum atomic E-state index is 2.58. The van der Waals surface area contributed by atoms with Gasteiger partial charge in [0.1, 0.15) is 0 Å². The predicted octanol–water partition coefficient (Wildman–Crippen LogP) is 2.60. The third-order valence-corrected chi connectivity index (χ3v) is 2.99. The lowest BCUT2D eigenvalue weighted by Crippen LogP contribution is -2.22. The highest BCUT2D eigenvalue weighted by Crippen LogP contribution is 2.18. The van der Waals surface area contributed by atoms with Gasteiger partial charge in [0, 0.05) is 13.1 Å². The molecule has 0 aromatic heterocycles. The molecule has 13 heavy (non-hydrogen) atoms. The minimum Gasteiger partial charge on any atom is -0.299 e. The molecule has 0 amide bonds. The molecule has 2 aliphatic rings. The Hall–Kier alpha value is -0.560. The van der Waals surface area contributed by atoms with Crippen LogP contribution in [0.4, 0.5) is 0 Å². The largest absolute Gasteiger partial charge is 0.299 e. The first kappa shape index (κ1) is 9.01. The summed E-state index contributed by atoms with van der Waals surface area (Å²) in [7, 11) is 0. The summed E-state index contributed by atoms with van der Waals surface area (Å²) in [5.41, 5.74) is 1.53. The summed E-state index contributed by atoms with van der Waals surface area (Å²) in [5.74, 6) is 0.910. The Kier molecular flexibility index (Phi) is 2.84. The Morgan fingerprint density at radius 2 is 2.38 bits per heavy atom. The van der Waals surface area contributed by atoms with Crippen LogP contribution in [0.3, 0.4) is 0 Å². The van der Waals surface area contributed by atoms with Crippen LogP contribution >= 0.6 is 0 Å². The number of nitrogens with zero attached hydrogens (tertiary/aromatic N) is 1. The number of likely N-dealkylation sites (tertiary alicyclic amines) is 1. The first-order valence-corrected chi connectivity index (χ1v) is 5.42. The molecule has 72 valence electrons. The highest BCUT2D eigenvalue weighted by Gasteiger charge is 2.18.